The van der Waals surface area contributed by atoms with Gasteiger partial charge in [0, 0.05) is 0 Å². The molecule has 1 aromatic carbocycles. The number of benzene rings is 1. The molecule has 0 radical (unpaired) electrons. The maximum Gasteiger partial charge on any atom is 0.387 e. The van der Waals surface area contributed by atoms with Crippen molar-refractivity contribution in [3.8, 4) is 11.5 Å². The minimum atomic E-state index is -2.92. The number of para-hydroxylation sites is 1. The van der Waals surface area contributed by atoms with Crippen molar-refractivity contribution in [1.82, 2.24) is 0 Å². The van der Waals surface area contributed by atoms with Crippen LogP contribution < -0.4 is 20.7 Å². The Hall–Kier alpha value is -1.56. The van der Waals surface area contributed by atoms with Gasteiger partial charge < -0.3 is 14.9 Å². The molecule has 3 N–H and O–H groups in total. The van der Waals surface area contributed by atoms with Crippen molar-refractivity contribution in [3.05, 3.63) is 18.2 Å². The van der Waals surface area contributed by atoms with Gasteiger partial charge in [0.25, 0.3) is 0 Å². The highest BCUT2D eigenvalue weighted by atomic mass is 19.3. The Morgan fingerprint density at radius 2 is 2.14 bits per heavy atom. The predicted octanol–water partition coefficient (Wildman–Crippen LogP) is 1.58. The van der Waals surface area contributed by atoms with Crippen molar-refractivity contribution in [2.75, 3.05) is 12.5 Å². The van der Waals surface area contributed by atoms with Crippen molar-refractivity contribution in [3.63, 3.8) is 0 Å². The number of ether oxygens (including phenoxy) is 2. The van der Waals surface area contributed by atoms with Crippen LogP contribution in [0, 0.1) is 0 Å². The van der Waals surface area contributed by atoms with Crippen LogP contribution in [0.2, 0.25) is 0 Å². The first-order valence-corrected chi connectivity index (χ1v) is 3.77. The molecule has 0 saturated heterocycles. The molecule has 0 aliphatic rings. The third-order valence-corrected chi connectivity index (χ3v) is 1.56. The highest BCUT2D eigenvalue weighted by Crippen LogP contribution is 2.35. The topological polar surface area (TPSA) is 56.5 Å². The van der Waals surface area contributed by atoms with Crippen molar-refractivity contribution >= 4 is 5.69 Å². The van der Waals surface area contributed by atoms with E-state index in [0.29, 0.717) is 0 Å². The lowest BCUT2D eigenvalue weighted by atomic mass is 10.3. The fraction of sp³-hybridized carbons (Fsp3) is 0.250. The van der Waals surface area contributed by atoms with Crippen molar-refractivity contribution in [2.45, 2.75) is 6.61 Å². The van der Waals surface area contributed by atoms with Crippen LogP contribution in [0.3, 0.4) is 0 Å². The van der Waals surface area contributed by atoms with Gasteiger partial charge in [-0.25, -0.2) is 0 Å². The lowest BCUT2D eigenvalue weighted by molar-refractivity contribution is -0.0507. The summed E-state index contributed by atoms with van der Waals surface area (Å²) in [6.45, 7) is -2.92. The summed E-state index contributed by atoms with van der Waals surface area (Å²) in [6.07, 6.45) is 0. The number of hydrazine groups is 1. The third kappa shape index (κ3) is 2.23. The Morgan fingerprint density at radius 3 is 2.64 bits per heavy atom. The number of alkyl halides is 2. The maximum absolute atomic E-state index is 12.0. The van der Waals surface area contributed by atoms with Crippen LogP contribution in [0.4, 0.5) is 14.5 Å². The lowest BCUT2D eigenvalue weighted by Gasteiger charge is -2.13. The van der Waals surface area contributed by atoms with E-state index < -0.39 is 6.61 Å². The largest absolute Gasteiger partial charge is 0.493 e. The van der Waals surface area contributed by atoms with Crippen LogP contribution in [-0.2, 0) is 0 Å². The Balaban J connectivity index is 3.05. The van der Waals surface area contributed by atoms with E-state index >= 15 is 0 Å². The summed E-state index contributed by atoms with van der Waals surface area (Å²) in [5.41, 5.74) is 2.48. The van der Waals surface area contributed by atoms with Crippen LogP contribution in [-0.4, -0.2) is 13.7 Å². The molecule has 0 aromatic heterocycles. The van der Waals surface area contributed by atoms with E-state index in [0.717, 1.165) is 0 Å². The number of nitrogen functional groups attached to an aromatic ring is 1. The van der Waals surface area contributed by atoms with Crippen molar-refractivity contribution < 1.29 is 18.3 Å². The van der Waals surface area contributed by atoms with E-state index in [1.54, 1.807) is 6.07 Å². The lowest BCUT2D eigenvalue weighted by Crippen LogP contribution is -2.11. The summed E-state index contributed by atoms with van der Waals surface area (Å²) in [6, 6.07) is 4.60. The summed E-state index contributed by atoms with van der Waals surface area (Å²) >= 11 is 0. The fourth-order valence-electron chi connectivity index (χ4n) is 1.00. The monoisotopic (exact) mass is 204 g/mol. The average molecular weight is 204 g/mol. The summed E-state index contributed by atoms with van der Waals surface area (Å²) in [7, 11) is 1.36. The molecule has 0 aliphatic heterocycles. The van der Waals surface area contributed by atoms with Crippen LogP contribution >= 0.6 is 0 Å². The van der Waals surface area contributed by atoms with E-state index in [-0.39, 0.29) is 17.2 Å². The van der Waals surface area contributed by atoms with Gasteiger partial charge in [-0.15, -0.1) is 0 Å². The summed E-state index contributed by atoms with van der Waals surface area (Å²) in [5, 5.41) is 0. The highest BCUT2D eigenvalue weighted by molar-refractivity contribution is 5.62. The van der Waals surface area contributed by atoms with Crippen LogP contribution in [0.1, 0.15) is 0 Å². The molecule has 1 aromatic rings. The SMILES string of the molecule is COc1cccc(NN)c1OC(F)F. The highest BCUT2D eigenvalue weighted by Gasteiger charge is 2.14. The second kappa shape index (κ2) is 4.61. The van der Waals surface area contributed by atoms with Crippen LogP contribution in [0.25, 0.3) is 0 Å². The second-order valence-corrected chi connectivity index (χ2v) is 2.36. The Bertz CT molecular complexity index is 285. The number of methoxy groups -OCH3 is 1. The minimum absolute atomic E-state index is 0.104. The van der Waals surface area contributed by atoms with Crippen LogP contribution in [0.15, 0.2) is 18.2 Å². The van der Waals surface area contributed by atoms with Crippen LogP contribution in [0.5, 0.6) is 11.5 Å². The molecule has 14 heavy (non-hydrogen) atoms. The molecule has 0 aliphatic carbocycles. The smallest absolute Gasteiger partial charge is 0.387 e. The van der Waals surface area contributed by atoms with Crippen molar-refractivity contribution in [1.29, 1.82) is 0 Å². The third-order valence-electron chi connectivity index (χ3n) is 1.56. The van der Waals surface area contributed by atoms with E-state index in [1.807, 2.05) is 0 Å². The zero-order valence-electron chi connectivity index (χ0n) is 7.46. The molecule has 0 bridgehead atoms. The predicted molar refractivity (Wildman–Crippen MR) is 47.4 cm³/mol. The molecule has 4 nitrogen and oxygen atoms in total. The first-order valence-electron chi connectivity index (χ1n) is 3.77. The molecule has 0 saturated carbocycles. The fourth-order valence-corrected chi connectivity index (χ4v) is 1.00. The van der Waals surface area contributed by atoms with E-state index in [9.17, 15) is 8.78 Å². The van der Waals surface area contributed by atoms with Gasteiger partial charge in [-0.3, -0.25) is 5.84 Å². The second-order valence-electron chi connectivity index (χ2n) is 2.36. The van der Waals surface area contributed by atoms with Gasteiger partial charge in [-0.05, 0) is 12.1 Å². The van der Waals surface area contributed by atoms with Gasteiger partial charge in [-0.2, -0.15) is 8.78 Å². The van der Waals surface area contributed by atoms with E-state index in [4.69, 9.17) is 10.6 Å². The molecular formula is C8H10F2N2O2. The zero-order valence-corrected chi connectivity index (χ0v) is 7.46. The van der Waals surface area contributed by atoms with E-state index in [1.165, 1.54) is 19.2 Å². The Kier molecular flexibility index (Phi) is 3.47. The number of anilines is 1. The van der Waals surface area contributed by atoms with Crippen molar-refractivity contribution in [2.24, 2.45) is 5.84 Å². The number of hydrogen-bond donors (Lipinski definition) is 2. The number of nitrogens with two attached hydrogens (primary N) is 1. The molecule has 78 valence electrons. The average Bonchev–Trinajstić information content (AvgIpc) is 2.17. The van der Waals surface area contributed by atoms with Gasteiger partial charge in [0.1, 0.15) is 0 Å². The number of halogens is 2. The maximum atomic E-state index is 12.0. The van der Waals surface area contributed by atoms with Gasteiger partial charge >= 0.3 is 6.61 Å². The number of nitrogens with one attached hydrogen (secondary N) is 1. The first-order chi connectivity index (χ1) is 6.69. The van der Waals surface area contributed by atoms with Gasteiger partial charge in [0.05, 0.1) is 12.8 Å². The Morgan fingerprint density at radius 1 is 1.43 bits per heavy atom. The van der Waals surface area contributed by atoms with Gasteiger partial charge in [0.15, 0.2) is 11.5 Å². The molecule has 0 heterocycles. The standard InChI is InChI=1S/C8H10F2N2O2/c1-13-6-4-2-3-5(12-11)7(6)14-8(9)10/h2-4,8,12H,11H2,1H3. The molecule has 1 rings (SSSR count). The van der Waals surface area contributed by atoms with E-state index in [2.05, 4.69) is 10.2 Å². The molecular weight excluding hydrogens is 194 g/mol. The van der Waals surface area contributed by atoms with Gasteiger partial charge in [0.2, 0.25) is 0 Å². The molecule has 0 unspecified atom stereocenters. The molecule has 0 spiro atoms. The Labute approximate surface area is 79.6 Å². The molecule has 6 heteroatoms. The normalized spacial score (nSPS) is 10.1. The summed E-state index contributed by atoms with van der Waals surface area (Å²) < 4.78 is 33.1. The molecule has 0 amide bonds. The van der Waals surface area contributed by atoms with Gasteiger partial charge in [-0.1, -0.05) is 6.07 Å². The first kappa shape index (κ1) is 10.5. The number of hydrogen-bond acceptors (Lipinski definition) is 4. The zero-order chi connectivity index (χ0) is 10.6. The minimum Gasteiger partial charge on any atom is -0.493 e. The molecule has 0 atom stereocenters. The number of rotatable bonds is 4. The molecule has 0 fully saturated rings. The summed E-state index contributed by atoms with van der Waals surface area (Å²) in [5.74, 6) is 5.21. The summed E-state index contributed by atoms with van der Waals surface area (Å²) in [4.78, 5) is 0. The quantitative estimate of drug-likeness (QED) is 0.577.